The highest BCUT2D eigenvalue weighted by Crippen LogP contribution is 2.30. The molecule has 1 heterocycles. The number of carbonyl (C=O) groups is 1. The Balaban J connectivity index is 1.53. The average Bonchev–Trinajstić information content (AvgIpc) is 2.58. The molecular formula is C17H18N2O4S. The highest BCUT2D eigenvalue weighted by atomic mass is 32.2. The number of carbonyl (C=O) groups excluding carboxylic acids is 1. The van der Waals surface area contributed by atoms with Gasteiger partial charge in [-0.3, -0.25) is 0 Å². The van der Waals surface area contributed by atoms with E-state index in [0.29, 0.717) is 12.3 Å². The zero-order chi connectivity index (χ0) is 17.0. The first-order valence-corrected chi connectivity index (χ1v) is 9.24. The molecule has 2 aromatic carbocycles. The van der Waals surface area contributed by atoms with Crippen LogP contribution in [0.5, 0.6) is 5.75 Å². The van der Waals surface area contributed by atoms with Crippen molar-refractivity contribution in [2.75, 3.05) is 12.3 Å². The number of para-hydroxylation sites is 1. The maximum absolute atomic E-state index is 12.2. The van der Waals surface area contributed by atoms with E-state index in [0.717, 1.165) is 5.56 Å². The summed E-state index contributed by atoms with van der Waals surface area (Å²) in [5.41, 5.74) is 0.984. The molecule has 0 saturated heterocycles. The molecule has 0 aliphatic carbocycles. The molecule has 1 atom stereocenters. The van der Waals surface area contributed by atoms with Gasteiger partial charge in [0, 0.05) is 6.54 Å². The number of fused-ring (bicyclic) bond motifs is 1. The second kappa shape index (κ2) is 6.92. The maximum atomic E-state index is 12.2. The van der Waals surface area contributed by atoms with Gasteiger partial charge in [0.1, 0.15) is 16.7 Å². The van der Waals surface area contributed by atoms with Crippen molar-refractivity contribution in [3.05, 3.63) is 60.2 Å². The summed E-state index contributed by atoms with van der Waals surface area (Å²) in [6, 6.07) is 15.7. The van der Waals surface area contributed by atoms with Crippen molar-refractivity contribution in [3.63, 3.8) is 0 Å². The van der Waals surface area contributed by atoms with Gasteiger partial charge in [-0.1, -0.05) is 42.5 Å². The summed E-state index contributed by atoms with van der Waals surface area (Å²) in [6.07, 6.45) is -0.604. The van der Waals surface area contributed by atoms with Gasteiger partial charge in [-0.05, 0) is 17.7 Å². The van der Waals surface area contributed by atoms with Crippen LogP contribution >= 0.6 is 0 Å². The Morgan fingerprint density at radius 1 is 1.04 bits per heavy atom. The van der Waals surface area contributed by atoms with Crippen molar-refractivity contribution in [1.82, 2.24) is 10.6 Å². The van der Waals surface area contributed by atoms with Crippen LogP contribution in [0.1, 0.15) is 5.56 Å². The van der Waals surface area contributed by atoms with Gasteiger partial charge < -0.3 is 15.4 Å². The minimum absolute atomic E-state index is 0.119. The van der Waals surface area contributed by atoms with Gasteiger partial charge in [-0.25, -0.2) is 13.2 Å². The number of ether oxygens (including phenoxy) is 1. The molecule has 7 heteroatoms. The van der Waals surface area contributed by atoms with E-state index >= 15 is 0 Å². The van der Waals surface area contributed by atoms with Gasteiger partial charge in [-0.15, -0.1) is 0 Å². The molecule has 1 unspecified atom stereocenters. The lowest BCUT2D eigenvalue weighted by molar-refractivity contribution is 0.200. The standard InChI is InChI=1S/C17H18N2O4S/c20-17(18-10-13-6-2-1-3-7-13)19-11-14-12-24(21,22)16-9-5-4-8-15(16)23-14/h1-9,14H,10-12H2,(H2,18,19,20). The summed E-state index contributed by atoms with van der Waals surface area (Å²) in [7, 11) is -3.39. The molecule has 0 radical (unpaired) electrons. The van der Waals surface area contributed by atoms with Crippen LogP contribution in [0.15, 0.2) is 59.5 Å². The number of hydrogen-bond acceptors (Lipinski definition) is 4. The number of rotatable bonds is 4. The third-order valence-corrected chi connectivity index (χ3v) is 5.49. The first kappa shape index (κ1) is 16.3. The maximum Gasteiger partial charge on any atom is 0.315 e. The number of hydrogen-bond donors (Lipinski definition) is 2. The van der Waals surface area contributed by atoms with E-state index in [2.05, 4.69) is 10.6 Å². The minimum atomic E-state index is -3.39. The number of benzene rings is 2. The van der Waals surface area contributed by atoms with E-state index in [1.807, 2.05) is 30.3 Å². The van der Waals surface area contributed by atoms with Gasteiger partial charge in [0.2, 0.25) is 0 Å². The third-order valence-electron chi connectivity index (χ3n) is 3.67. The zero-order valence-corrected chi connectivity index (χ0v) is 13.8. The molecule has 126 valence electrons. The molecule has 2 aromatic rings. The summed E-state index contributed by atoms with van der Waals surface area (Å²) >= 11 is 0. The Morgan fingerprint density at radius 3 is 2.54 bits per heavy atom. The third kappa shape index (κ3) is 3.86. The Kier molecular flexibility index (Phi) is 4.71. The van der Waals surface area contributed by atoms with Crippen molar-refractivity contribution in [3.8, 4) is 5.75 Å². The summed E-state index contributed by atoms with van der Waals surface area (Å²) < 4.78 is 30.1. The fourth-order valence-corrected chi connectivity index (χ4v) is 4.06. The average molecular weight is 346 g/mol. The van der Waals surface area contributed by atoms with E-state index in [4.69, 9.17) is 4.74 Å². The van der Waals surface area contributed by atoms with E-state index in [1.165, 1.54) is 6.07 Å². The predicted octanol–water partition coefficient (Wildman–Crippen LogP) is 1.72. The fraction of sp³-hybridized carbons (Fsp3) is 0.235. The van der Waals surface area contributed by atoms with Crippen molar-refractivity contribution in [1.29, 1.82) is 0 Å². The first-order chi connectivity index (χ1) is 11.5. The molecule has 2 amide bonds. The van der Waals surface area contributed by atoms with Gasteiger partial charge in [0.05, 0.1) is 12.3 Å². The number of nitrogens with one attached hydrogen (secondary N) is 2. The summed E-state index contributed by atoms with van der Waals surface area (Å²) in [5, 5.41) is 5.38. The number of amides is 2. The van der Waals surface area contributed by atoms with Crippen LogP contribution in [-0.2, 0) is 16.4 Å². The van der Waals surface area contributed by atoms with Crippen LogP contribution in [0.3, 0.4) is 0 Å². The Bertz CT molecular complexity index is 821. The van der Waals surface area contributed by atoms with Gasteiger partial charge in [0.15, 0.2) is 9.84 Å². The molecule has 0 fully saturated rings. The van der Waals surface area contributed by atoms with Gasteiger partial charge in [-0.2, -0.15) is 0 Å². The highest BCUT2D eigenvalue weighted by molar-refractivity contribution is 7.91. The molecule has 2 N–H and O–H groups in total. The minimum Gasteiger partial charge on any atom is -0.486 e. The molecular weight excluding hydrogens is 328 g/mol. The van der Waals surface area contributed by atoms with Crippen molar-refractivity contribution in [2.45, 2.75) is 17.5 Å². The zero-order valence-electron chi connectivity index (χ0n) is 12.9. The van der Waals surface area contributed by atoms with Crippen LogP contribution in [-0.4, -0.2) is 32.9 Å². The quantitative estimate of drug-likeness (QED) is 0.883. The lowest BCUT2D eigenvalue weighted by atomic mass is 10.2. The molecule has 24 heavy (non-hydrogen) atoms. The molecule has 0 aromatic heterocycles. The second-order valence-corrected chi connectivity index (χ2v) is 7.52. The fourth-order valence-electron chi connectivity index (χ4n) is 2.50. The Morgan fingerprint density at radius 2 is 1.75 bits per heavy atom. The molecule has 0 spiro atoms. The van der Waals surface area contributed by atoms with Crippen molar-refractivity contribution >= 4 is 15.9 Å². The van der Waals surface area contributed by atoms with E-state index in [-0.39, 0.29) is 23.2 Å². The molecule has 0 bridgehead atoms. The van der Waals surface area contributed by atoms with Crippen LogP contribution in [0, 0.1) is 0 Å². The van der Waals surface area contributed by atoms with E-state index in [9.17, 15) is 13.2 Å². The largest absolute Gasteiger partial charge is 0.486 e. The molecule has 1 aliphatic rings. The van der Waals surface area contributed by atoms with E-state index in [1.54, 1.807) is 18.2 Å². The number of sulfone groups is 1. The molecule has 6 nitrogen and oxygen atoms in total. The van der Waals surface area contributed by atoms with Crippen LogP contribution in [0.25, 0.3) is 0 Å². The van der Waals surface area contributed by atoms with Crippen LogP contribution in [0.2, 0.25) is 0 Å². The molecule has 3 rings (SSSR count). The highest BCUT2D eigenvalue weighted by Gasteiger charge is 2.31. The summed E-state index contributed by atoms with van der Waals surface area (Å²) in [4.78, 5) is 12.0. The van der Waals surface area contributed by atoms with Crippen molar-refractivity contribution in [2.24, 2.45) is 0 Å². The van der Waals surface area contributed by atoms with Crippen molar-refractivity contribution < 1.29 is 17.9 Å². The lowest BCUT2D eigenvalue weighted by Crippen LogP contribution is -2.45. The second-order valence-electron chi connectivity index (χ2n) is 5.52. The smallest absolute Gasteiger partial charge is 0.315 e. The van der Waals surface area contributed by atoms with Crippen LogP contribution in [0.4, 0.5) is 4.79 Å². The van der Waals surface area contributed by atoms with E-state index < -0.39 is 15.9 Å². The first-order valence-electron chi connectivity index (χ1n) is 7.59. The molecule has 0 saturated carbocycles. The topological polar surface area (TPSA) is 84.5 Å². The monoisotopic (exact) mass is 346 g/mol. The van der Waals surface area contributed by atoms with Gasteiger partial charge >= 0.3 is 6.03 Å². The predicted molar refractivity (Wildman–Crippen MR) is 89.6 cm³/mol. The number of urea groups is 1. The summed E-state index contributed by atoms with van der Waals surface area (Å²) in [5.74, 6) is 0.184. The normalized spacial score (nSPS) is 18.1. The molecule has 1 aliphatic heterocycles. The lowest BCUT2D eigenvalue weighted by Gasteiger charge is -2.26. The Labute approximate surface area is 140 Å². The van der Waals surface area contributed by atoms with Gasteiger partial charge in [0.25, 0.3) is 0 Å². The Hall–Kier alpha value is -2.54. The SMILES string of the molecule is O=C(NCc1ccccc1)NCC1CS(=O)(=O)c2ccccc2O1. The van der Waals surface area contributed by atoms with Crippen LogP contribution < -0.4 is 15.4 Å². The summed E-state index contributed by atoms with van der Waals surface area (Å²) in [6.45, 7) is 0.521.